The zero-order valence-corrected chi connectivity index (χ0v) is 13.7. The number of carbonyl (C=O) groups is 2. The van der Waals surface area contributed by atoms with Crippen LogP contribution >= 0.6 is 0 Å². The minimum atomic E-state index is -1.05. The number of anilines is 2. The molecular weight excluding hydrogens is 311 g/mol. The van der Waals surface area contributed by atoms with Crippen LogP contribution in [0.15, 0.2) is 48.5 Å². The summed E-state index contributed by atoms with van der Waals surface area (Å²) in [6.07, 6.45) is -1.05. The number of nitrogens with zero attached hydrogens (tertiary/aromatic N) is 1. The summed E-state index contributed by atoms with van der Waals surface area (Å²) in [4.78, 5) is 26.0. The number of carbonyl (C=O) groups excluding carboxylic acids is 2. The first kappa shape index (κ1) is 17.5. The van der Waals surface area contributed by atoms with Crippen molar-refractivity contribution in [2.24, 2.45) is 0 Å². The van der Waals surface area contributed by atoms with Gasteiger partial charge in [-0.05, 0) is 43.3 Å². The van der Waals surface area contributed by atoms with Crippen LogP contribution in [0, 0.1) is 5.82 Å². The summed E-state index contributed by atoms with van der Waals surface area (Å²) in [5.74, 6) is -1.77. The first-order valence-corrected chi connectivity index (χ1v) is 7.42. The van der Waals surface area contributed by atoms with Crippen molar-refractivity contribution in [3.05, 3.63) is 59.9 Å². The number of amides is 1. The minimum Gasteiger partial charge on any atom is -0.449 e. The molecule has 1 amide bonds. The molecule has 0 radical (unpaired) electrons. The number of esters is 1. The molecule has 5 nitrogen and oxygen atoms in total. The minimum absolute atomic E-state index is 0.0423. The first-order chi connectivity index (χ1) is 11.4. The maximum atomic E-state index is 13.5. The summed E-state index contributed by atoms with van der Waals surface area (Å²) in [6, 6.07) is 12.6. The summed E-state index contributed by atoms with van der Waals surface area (Å²) >= 11 is 0. The molecule has 0 aromatic heterocycles. The van der Waals surface area contributed by atoms with Gasteiger partial charge in [0.05, 0.1) is 11.3 Å². The lowest BCUT2D eigenvalue weighted by Crippen LogP contribution is -2.30. The molecule has 0 bridgehead atoms. The Balaban J connectivity index is 1.98. The van der Waals surface area contributed by atoms with E-state index in [1.54, 1.807) is 30.3 Å². The van der Waals surface area contributed by atoms with Gasteiger partial charge >= 0.3 is 5.97 Å². The van der Waals surface area contributed by atoms with Gasteiger partial charge in [0.25, 0.3) is 5.91 Å². The van der Waals surface area contributed by atoms with Gasteiger partial charge in [0.2, 0.25) is 0 Å². The van der Waals surface area contributed by atoms with Gasteiger partial charge in [0, 0.05) is 19.8 Å². The molecule has 126 valence electrons. The second-order valence-corrected chi connectivity index (χ2v) is 5.46. The van der Waals surface area contributed by atoms with Crippen LogP contribution in [0.4, 0.5) is 15.8 Å². The Hall–Kier alpha value is -2.89. The molecule has 0 aliphatic rings. The van der Waals surface area contributed by atoms with E-state index in [9.17, 15) is 14.0 Å². The predicted octanol–water partition coefficient (Wildman–Crippen LogP) is 3.08. The van der Waals surface area contributed by atoms with Crippen LogP contribution < -0.4 is 10.2 Å². The second kappa shape index (κ2) is 7.59. The SMILES string of the molecule is C[C@H](OC(=O)c1ccc(N(C)C)cc1)C(=O)Nc1ccccc1F. The summed E-state index contributed by atoms with van der Waals surface area (Å²) in [7, 11) is 3.78. The number of rotatable bonds is 5. The first-order valence-electron chi connectivity index (χ1n) is 7.42. The highest BCUT2D eigenvalue weighted by Gasteiger charge is 2.20. The van der Waals surface area contributed by atoms with Crippen LogP contribution in [-0.4, -0.2) is 32.1 Å². The fraction of sp³-hybridized carbons (Fsp3) is 0.222. The molecule has 2 rings (SSSR count). The van der Waals surface area contributed by atoms with Crippen LogP contribution in [0.1, 0.15) is 17.3 Å². The van der Waals surface area contributed by atoms with Crippen molar-refractivity contribution in [2.75, 3.05) is 24.3 Å². The Morgan fingerprint density at radius 2 is 1.71 bits per heavy atom. The van der Waals surface area contributed by atoms with Crippen LogP contribution in [-0.2, 0) is 9.53 Å². The van der Waals surface area contributed by atoms with Crippen molar-refractivity contribution in [3.8, 4) is 0 Å². The normalized spacial score (nSPS) is 11.5. The molecule has 0 unspecified atom stereocenters. The summed E-state index contributed by atoms with van der Waals surface area (Å²) in [5, 5.41) is 2.39. The quantitative estimate of drug-likeness (QED) is 0.856. The van der Waals surface area contributed by atoms with Gasteiger partial charge < -0.3 is 15.0 Å². The van der Waals surface area contributed by atoms with Crippen molar-refractivity contribution in [3.63, 3.8) is 0 Å². The van der Waals surface area contributed by atoms with Crippen molar-refractivity contribution < 1.29 is 18.7 Å². The summed E-state index contributed by atoms with van der Waals surface area (Å²) < 4.78 is 18.6. The van der Waals surface area contributed by atoms with E-state index in [1.807, 2.05) is 19.0 Å². The van der Waals surface area contributed by atoms with E-state index in [-0.39, 0.29) is 5.69 Å². The molecule has 0 saturated carbocycles. The van der Waals surface area contributed by atoms with Crippen molar-refractivity contribution in [1.29, 1.82) is 0 Å². The maximum Gasteiger partial charge on any atom is 0.338 e. The fourth-order valence-corrected chi connectivity index (χ4v) is 1.97. The van der Waals surface area contributed by atoms with E-state index >= 15 is 0 Å². The molecule has 1 N–H and O–H groups in total. The summed E-state index contributed by atoms with van der Waals surface area (Å²) in [5.41, 5.74) is 1.32. The highest BCUT2D eigenvalue weighted by Crippen LogP contribution is 2.15. The molecule has 0 aliphatic carbocycles. The largest absolute Gasteiger partial charge is 0.449 e. The fourth-order valence-electron chi connectivity index (χ4n) is 1.97. The molecule has 6 heteroatoms. The van der Waals surface area contributed by atoms with E-state index in [4.69, 9.17) is 4.74 Å². The Bertz CT molecular complexity index is 729. The molecule has 0 fully saturated rings. The van der Waals surface area contributed by atoms with Gasteiger partial charge in [0.15, 0.2) is 6.10 Å². The number of halogens is 1. The van der Waals surface area contributed by atoms with Gasteiger partial charge in [-0.1, -0.05) is 12.1 Å². The topological polar surface area (TPSA) is 58.6 Å². The molecule has 2 aromatic rings. The number of ether oxygens (including phenoxy) is 1. The Kier molecular flexibility index (Phi) is 5.52. The van der Waals surface area contributed by atoms with Gasteiger partial charge in [-0.3, -0.25) is 4.79 Å². The third kappa shape index (κ3) is 4.32. The van der Waals surface area contributed by atoms with Crippen molar-refractivity contribution in [1.82, 2.24) is 0 Å². The lowest BCUT2D eigenvalue weighted by Gasteiger charge is -2.15. The van der Waals surface area contributed by atoms with E-state index in [1.165, 1.54) is 25.1 Å². The zero-order valence-electron chi connectivity index (χ0n) is 13.7. The van der Waals surface area contributed by atoms with Crippen LogP contribution in [0.2, 0.25) is 0 Å². The monoisotopic (exact) mass is 330 g/mol. The number of benzene rings is 2. The number of hydrogen-bond donors (Lipinski definition) is 1. The predicted molar refractivity (Wildman–Crippen MR) is 90.7 cm³/mol. The van der Waals surface area contributed by atoms with Gasteiger partial charge in [-0.2, -0.15) is 0 Å². The molecular formula is C18H19FN2O3. The second-order valence-electron chi connectivity index (χ2n) is 5.46. The average Bonchev–Trinajstić information content (AvgIpc) is 2.56. The lowest BCUT2D eigenvalue weighted by atomic mass is 10.2. The van der Waals surface area contributed by atoms with E-state index < -0.39 is 23.8 Å². The summed E-state index contributed by atoms with van der Waals surface area (Å²) in [6.45, 7) is 1.43. The van der Waals surface area contributed by atoms with Gasteiger partial charge in [0.1, 0.15) is 5.82 Å². The number of hydrogen-bond acceptors (Lipinski definition) is 4. The smallest absolute Gasteiger partial charge is 0.338 e. The molecule has 1 atom stereocenters. The third-order valence-corrected chi connectivity index (χ3v) is 3.40. The molecule has 0 spiro atoms. The lowest BCUT2D eigenvalue weighted by molar-refractivity contribution is -0.123. The van der Waals surface area contributed by atoms with Crippen LogP contribution in [0.25, 0.3) is 0 Å². The Morgan fingerprint density at radius 1 is 1.08 bits per heavy atom. The van der Waals surface area contributed by atoms with Gasteiger partial charge in [-0.25, -0.2) is 9.18 Å². The van der Waals surface area contributed by atoms with Crippen molar-refractivity contribution >= 4 is 23.3 Å². The third-order valence-electron chi connectivity index (χ3n) is 3.40. The van der Waals surface area contributed by atoms with E-state index in [0.717, 1.165) is 5.69 Å². The zero-order chi connectivity index (χ0) is 17.7. The highest BCUT2D eigenvalue weighted by molar-refractivity contribution is 5.97. The standard InChI is InChI=1S/C18H19FN2O3/c1-12(17(22)20-16-7-5-4-6-15(16)19)24-18(23)13-8-10-14(11-9-13)21(2)3/h4-12H,1-3H3,(H,20,22)/t12-/m0/s1. The maximum absolute atomic E-state index is 13.5. The van der Waals surface area contributed by atoms with Gasteiger partial charge in [-0.15, -0.1) is 0 Å². The van der Waals surface area contributed by atoms with Crippen LogP contribution in [0.5, 0.6) is 0 Å². The molecule has 0 aliphatic heterocycles. The average molecular weight is 330 g/mol. The highest BCUT2D eigenvalue weighted by atomic mass is 19.1. The molecule has 0 saturated heterocycles. The number of para-hydroxylation sites is 1. The molecule has 0 heterocycles. The molecule has 2 aromatic carbocycles. The molecule has 24 heavy (non-hydrogen) atoms. The van der Waals surface area contributed by atoms with Crippen molar-refractivity contribution in [2.45, 2.75) is 13.0 Å². The van der Waals surface area contributed by atoms with Crippen LogP contribution in [0.3, 0.4) is 0 Å². The Morgan fingerprint density at radius 3 is 2.29 bits per heavy atom. The Labute approximate surface area is 140 Å². The van der Waals surface area contributed by atoms with E-state index in [0.29, 0.717) is 5.56 Å². The number of nitrogens with one attached hydrogen (secondary N) is 1. The van der Waals surface area contributed by atoms with E-state index in [2.05, 4.69) is 5.32 Å².